The molecule has 2 aromatic rings. The first-order valence-corrected chi connectivity index (χ1v) is 7.82. The highest BCUT2D eigenvalue weighted by atomic mass is 32.1. The summed E-state index contributed by atoms with van der Waals surface area (Å²) in [7, 11) is 1.91. The third-order valence-corrected chi connectivity index (χ3v) is 4.99. The fourth-order valence-corrected chi connectivity index (χ4v) is 3.73. The summed E-state index contributed by atoms with van der Waals surface area (Å²) in [5.41, 5.74) is 1.08. The molecule has 0 fully saturated rings. The zero-order valence-corrected chi connectivity index (χ0v) is 12.7. The Kier molecular flexibility index (Phi) is 3.61. The summed E-state index contributed by atoms with van der Waals surface area (Å²) >= 11 is 1.53. The van der Waals surface area contributed by atoms with E-state index in [9.17, 15) is 4.79 Å². The molecule has 0 spiro atoms. The van der Waals surface area contributed by atoms with Gasteiger partial charge in [-0.2, -0.15) is 0 Å². The third-order valence-electron chi connectivity index (χ3n) is 3.99. The van der Waals surface area contributed by atoms with Crippen molar-refractivity contribution in [3.8, 4) is 0 Å². The number of imidazole rings is 1. The Balaban J connectivity index is 1.64. The molecular weight excluding hydrogens is 270 g/mol. The Morgan fingerprint density at radius 1 is 1.60 bits per heavy atom. The third kappa shape index (κ3) is 2.50. The van der Waals surface area contributed by atoms with Gasteiger partial charge in [0.1, 0.15) is 5.82 Å². The number of fused-ring (bicyclic) bond motifs is 1. The molecular formula is C15H19N3OS. The van der Waals surface area contributed by atoms with Crippen LogP contribution < -0.4 is 0 Å². The molecule has 1 atom stereocenters. The quantitative estimate of drug-likeness (QED) is 0.871. The van der Waals surface area contributed by atoms with E-state index in [1.165, 1.54) is 11.3 Å². The van der Waals surface area contributed by atoms with Crippen LogP contribution in [0.25, 0.3) is 0 Å². The number of carbonyl (C=O) groups is 1. The molecule has 0 unspecified atom stereocenters. The first kappa shape index (κ1) is 13.4. The van der Waals surface area contributed by atoms with Crippen molar-refractivity contribution in [2.75, 3.05) is 13.6 Å². The van der Waals surface area contributed by atoms with Crippen molar-refractivity contribution in [3.05, 3.63) is 40.1 Å². The molecule has 0 bridgehead atoms. The maximum atomic E-state index is 12.4. The fourth-order valence-electron chi connectivity index (χ4n) is 2.81. The van der Waals surface area contributed by atoms with E-state index >= 15 is 0 Å². The van der Waals surface area contributed by atoms with Crippen molar-refractivity contribution in [2.45, 2.75) is 26.3 Å². The smallest absolute Gasteiger partial charge is 0.263 e. The number of hydrogen-bond donors (Lipinski definition) is 0. The summed E-state index contributed by atoms with van der Waals surface area (Å²) < 4.78 is 2.21. The van der Waals surface area contributed by atoms with E-state index in [1.807, 2.05) is 42.7 Å². The average molecular weight is 289 g/mol. The van der Waals surface area contributed by atoms with Crippen LogP contribution in [-0.4, -0.2) is 34.0 Å². The van der Waals surface area contributed by atoms with Crippen LogP contribution in [0, 0.1) is 12.8 Å². The molecule has 0 aliphatic carbocycles. The Bertz CT molecular complexity index is 616. The van der Waals surface area contributed by atoms with Gasteiger partial charge in [-0.15, -0.1) is 11.3 Å². The average Bonchev–Trinajstić information content (AvgIpc) is 3.05. The van der Waals surface area contributed by atoms with Crippen molar-refractivity contribution in [1.29, 1.82) is 0 Å². The number of nitrogens with zero attached hydrogens (tertiary/aromatic N) is 3. The highest BCUT2D eigenvalue weighted by Crippen LogP contribution is 2.22. The van der Waals surface area contributed by atoms with E-state index in [0.717, 1.165) is 42.2 Å². The Hall–Kier alpha value is -1.62. The van der Waals surface area contributed by atoms with Crippen LogP contribution in [0.5, 0.6) is 0 Å². The van der Waals surface area contributed by atoms with Crippen molar-refractivity contribution in [1.82, 2.24) is 14.5 Å². The predicted octanol–water partition coefficient (Wildman–Crippen LogP) is 2.59. The van der Waals surface area contributed by atoms with E-state index < -0.39 is 0 Å². The number of aryl methyl sites for hydroxylation is 2. The zero-order chi connectivity index (χ0) is 14.1. The summed E-state index contributed by atoms with van der Waals surface area (Å²) in [4.78, 5) is 19.5. The molecule has 20 heavy (non-hydrogen) atoms. The summed E-state index contributed by atoms with van der Waals surface area (Å²) in [5.74, 6) is 1.81. The number of thiophene rings is 1. The van der Waals surface area contributed by atoms with Crippen LogP contribution in [0.4, 0.5) is 0 Å². The van der Waals surface area contributed by atoms with Crippen LogP contribution in [-0.2, 0) is 13.0 Å². The topological polar surface area (TPSA) is 38.1 Å². The van der Waals surface area contributed by atoms with Gasteiger partial charge in [-0.25, -0.2) is 4.98 Å². The molecule has 1 aliphatic heterocycles. The zero-order valence-electron chi connectivity index (χ0n) is 11.9. The minimum atomic E-state index is 0.145. The summed E-state index contributed by atoms with van der Waals surface area (Å²) in [6.07, 6.45) is 5.98. The SMILES string of the molecule is Cc1ccsc1C(=O)N(C)C[C@@H]1CCn2ccnc2C1. The van der Waals surface area contributed by atoms with Crippen LogP contribution in [0.3, 0.4) is 0 Å². The Labute approximate surface area is 123 Å². The lowest BCUT2D eigenvalue weighted by Crippen LogP contribution is -2.34. The lowest BCUT2D eigenvalue weighted by molar-refractivity contribution is 0.0768. The lowest BCUT2D eigenvalue weighted by atomic mass is 9.97. The van der Waals surface area contributed by atoms with Crippen molar-refractivity contribution in [3.63, 3.8) is 0 Å². The number of aromatic nitrogens is 2. The first-order chi connectivity index (χ1) is 9.65. The molecule has 3 rings (SSSR count). The van der Waals surface area contributed by atoms with Crippen LogP contribution >= 0.6 is 11.3 Å². The minimum Gasteiger partial charge on any atom is -0.341 e. The van der Waals surface area contributed by atoms with E-state index in [1.54, 1.807) is 0 Å². The fraction of sp³-hybridized carbons (Fsp3) is 0.467. The number of rotatable bonds is 3. The van der Waals surface area contributed by atoms with Gasteiger partial charge in [0.2, 0.25) is 0 Å². The normalized spacial score (nSPS) is 17.8. The second-order valence-corrected chi connectivity index (χ2v) is 6.43. The molecule has 1 amide bonds. The molecule has 0 N–H and O–H groups in total. The molecule has 1 aliphatic rings. The molecule has 0 saturated heterocycles. The van der Waals surface area contributed by atoms with Gasteiger partial charge in [0.15, 0.2) is 0 Å². The molecule has 0 radical (unpaired) electrons. The van der Waals surface area contributed by atoms with Gasteiger partial charge >= 0.3 is 0 Å². The first-order valence-electron chi connectivity index (χ1n) is 6.94. The van der Waals surface area contributed by atoms with E-state index in [0.29, 0.717) is 5.92 Å². The van der Waals surface area contributed by atoms with Gasteiger partial charge in [0.25, 0.3) is 5.91 Å². The second-order valence-electron chi connectivity index (χ2n) is 5.51. The number of amides is 1. The Morgan fingerprint density at radius 2 is 2.45 bits per heavy atom. The van der Waals surface area contributed by atoms with Crippen LogP contribution in [0.15, 0.2) is 23.8 Å². The molecule has 5 heteroatoms. The summed E-state index contributed by atoms with van der Waals surface area (Å²) in [6, 6.07) is 2.00. The van der Waals surface area contributed by atoms with E-state index in [4.69, 9.17) is 0 Å². The maximum absolute atomic E-state index is 12.4. The van der Waals surface area contributed by atoms with Gasteiger partial charge in [-0.1, -0.05) is 0 Å². The van der Waals surface area contributed by atoms with E-state index in [-0.39, 0.29) is 5.91 Å². The molecule has 0 saturated carbocycles. The van der Waals surface area contributed by atoms with E-state index in [2.05, 4.69) is 9.55 Å². The second kappa shape index (κ2) is 5.40. The largest absolute Gasteiger partial charge is 0.341 e. The highest BCUT2D eigenvalue weighted by Gasteiger charge is 2.23. The standard InChI is InChI=1S/C15H19N3OS/c1-11-4-8-20-14(11)15(19)17(2)10-12-3-6-18-7-5-16-13(18)9-12/h4-5,7-8,12H,3,6,9-10H2,1-2H3/t12-/m1/s1. The molecule has 2 aromatic heterocycles. The van der Waals surface area contributed by atoms with Crippen LogP contribution in [0.1, 0.15) is 27.5 Å². The monoisotopic (exact) mass is 289 g/mol. The molecule has 3 heterocycles. The van der Waals surface area contributed by atoms with Gasteiger partial charge in [-0.3, -0.25) is 4.79 Å². The van der Waals surface area contributed by atoms with Crippen molar-refractivity contribution < 1.29 is 4.79 Å². The van der Waals surface area contributed by atoms with Gasteiger partial charge in [0, 0.05) is 39.0 Å². The summed E-state index contributed by atoms with van der Waals surface area (Å²) in [5, 5.41) is 1.98. The van der Waals surface area contributed by atoms with Crippen molar-refractivity contribution >= 4 is 17.2 Å². The maximum Gasteiger partial charge on any atom is 0.263 e. The lowest BCUT2D eigenvalue weighted by Gasteiger charge is -2.27. The molecule has 4 nitrogen and oxygen atoms in total. The summed E-state index contributed by atoms with van der Waals surface area (Å²) in [6.45, 7) is 3.82. The van der Waals surface area contributed by atoms with Gasteiger partial charge in [0.05, 0.1) is 4.88 Å². The minimum absolute atomic E-state index is 0.145. The highest BCUT2D eigenvalue weighted by molar-refractivity contribution is 7.12. The van der Waals surface area contributed by atoms with Gasteiger partial charge < -0.3 is 9.47 Å². The Morgan fingerprint density at radius 3 is 3.20 bits per heavy atom. The predicted molar refractivity (Wildman–Crippen MR) is 80.1 cm³/mol. The van der Waals surface area contributed by atoms with Crippen molar-refractivity contribution in [2.24, 2.45) is 5.92 Å². The number of carbonyl (C=O) groups excluding carboxylic acids is 1. The van der Waals surface area contributed by atoms with Crippen LogP contribution in [0.2, 0.25) is 0 Å². The molecule has 0 aromatic carbocycles. The molecule has 106 valence electrons. The van der Waals surface area contributed by atoms with Gasteiger partial charge in [-0.05, 0) is 36.3 Å². The number of hydrogen-bond acceptors (Lipinski definition) is 3.